The number of benzene rings is 1. The summed E-state index contributed by atoms with van der Waals surface area (Å²) in [7, 11) is 0. The van der Waals surface area contributed by atoms with Crippen LogP contribution >= 0.6 is 0 Å². The highest BCUT2D eigenvalue weighted by Crippen LogP contribution is 2.22. The number of amides is 1. The molecule has 4 nitrogen and oxygen atoms in total. The number of carbonyl (C=O) groups is 1. The molecule has 0 aliphatic heterocycles. The van der Waals surface area contributed by atoms with E-state index in [2.05, 4.69) is 5.32 Å². The van der Waals surface area contributed by atoms with Gasteiger partial charge in [-0.3, -0.25) is 4.79 Å². The maximum Gasteiger partial charge on any atom is 0.224 e. The molecule has 0 saturated heterocycles. The fourth-order valence-electron chi connectivity index (χ4n) is 2.77. The predicted octanol–water partition coefficient (Wildman–Crippen LogP) is 1.97. The van der Waals surface area contributed by atoms with Gasteiger partial charge in [0, 0.05) is 23.0 Å². The van der Waals surface area contributed by atoms with E-state index in [1.807, 2.05) is 24.3 Å². The first-order chi connectivity index (χ1) is 9.22. The van der Waals surface area contributed by atoms with Crippen LogP contribution < -0.4 is 11.1 Å². The molecule has 2 aromatic rings. The van der Waals surface area contributed by atoms with Crippen LogP contribution in [0.25, 0.3) is 11.0 Å². The second kappa shape index (κ2) is 5.05. The third-order valence-corrected chi connectivity index (χ3v) is 3.75. The minimum absolute atomic E-state index is 0.0469. The summed E-state index contributed by atoms with van der Waals surface area (Å²) in [6.45, 7) is 0. The van der Waals surface area contributed by atoms with Crippen molar-refractivity contribution in [3.05, 3.63) is 36.1 Å². The van der Waals surface area contributed by atoms with Gasteiger partial charge in [0.1, 0.15) is 5.58 Å². The molecule has 3 N–H and O–H groups in total. The fourth-order valence-corrected chi connectivity index (χ4v) is 2.77. The Morgan fingerprint density at radius 2 is 2.21 bits per heavy atom. The molecule has 1 heterocycles. The van der Waals surface area contributed by atoms with Crippen LogP contribution in [0.4, 0.5) is 0 Å². The van der Waals surface area contributed by atoms with E-state index in [-0.39, 0.29) is 18.0 Å². The molecule has 0 radical (unpaired) electrons. The van der Waals surface area contributed by atoms with Crippen LogP contribution in [0.2, 0.25) is 0 Å². The summed E-state index contributed by atoms with van der Waals surface area (Å²) in [6, 6.07) is 8.24. The first-order valence-corrected chi connectivity index (χ1v) is 6.72. The molecular formula is C15H18N2O2. The maximum absolute atomic E-state index is 12.0. The van der Waals surface area contributed by atoms with E-state index < -0.39 is 0 Å². The first kappa shape index (κ1) is 12.2. The molecule has 1 amide bonds. The van der Waals surface area contributed by atoms with Crippen LogP contribution in [0, 0.1) is 0 Å². The zero-order valence-electron chi connectivity index (χ0n) is 10.8. The average Bonchev–Trinajstić information content (AvgIpc) is 2.97. The number of para-hydroxylation sites is 1. The van der Waals surface area contributed by atoms with Gasteiger partial charge in [0.2, 0.25) is 5.91 Å². The van der Waals surface area contributed by atoms with Crippen molar-refractivity contribution >= 4 is 16.9 Å². The Morgan fingerprint density at radius 3 is 3.00 bits per heavy atom. The number of hydrogen-bond donors (Lipinski definition) is 2. The van der Waals surface area contributed by atoms with E-state index in [4.69, 9.17) is 10.2 Å². The van der Waals surface area contributed by atoms with Gasteiger partial charge in [-0.15, -0.1) is 0 Å². The molecule has 4 heteroatoms. The Kier molecular flexibility index (Phi) is 3.25. The summed E-state index contributed by atoms with van der Waals surface area (Å²) in [5, 5.41) is 4.07. The largest absolute Gasteiger partial charge is 0.464 e. The van der Waals surface area contributed by atoms with E-state index in [9.17, 15) is 4.79 Å². The summed E-state index contributed by atoms with van der Waals surface area (Å²) < 4.78 is 5.44. The van der Waals surface area contributed by atoms with E-state index in [1.165, 1.54) is 0 Å². The maximum atomic E-state index is 12.0. The summed E-state index contributed by atoms with van der Waals surface area (Å²) in [5.74, 6) is 0.0469. The minimum atomic E-state index is 0.0469. The van der Waals surface area contributed by atoms with Crippen LogP contribution in [-0.2, 0) is 11.2 Å². The SMILES string of the molecule is NC1CCC(NC(=O)Cc2coc3ccccc23)C1. The second-order valence-corrected chi connectivity index (χ2v) is 5.27. The molecule has 0 spiro atoms. The van der Waals surface area contributed by atoms with E-state index in [0.717, 1.165) is 35.8 Å². The van der Waals surface area contributed by atoms with Gasteiger partial charge in [-0.25, -0.2) is 0 Å². The van der Waals surface area contributed by atoms with Gasteiger partial charge in [0.15, 0.2) is 0 Å². The Bertz CT molecular complexity index is 591. The number of rotatable bonds is 3. The number of nitrogens with two attached hydrogens (primary N) is 1. The smallest absolute Gasteiger partial charge is 0.224 e. The molecule has 2 unspecified atom stereocenters. The minimum Gasteiger partial charge on any atom is -0.464 e. The molecule has 1 aliphatic carbocycles. The highest BCUT2D eigenvalue weighted by atomic mass is 16.3. The molecular weight excluding hydrogens is 240 g/mol. The Hall–Kier alpha value is -1.81. The standard InChI is InChI=1S/C15H18N2O2/c16-11-5-6-12(8-11)17-15(18)7-10-9-19-14-4-2-1-3-13(10)14/h1-4,9,11-12H,5-8,16H2,(H,17,18). The molecule has 1 fully saturated rings. The topological polar surface area (TPSA) is 68.3 Å². The summed E-state index contributed by atoms with van der Waals surface area (Å²) in [6.07, 6.45) is 4.91. The van der Waals surface area contributed by atoms with Gasteiger partial charge < -0.3 is 15.5 Å². The number of hydrogen-bond acceptors (Lipinski definition) is 3. The Morgan fingerprint density at radius 1 is 1.37 bits per heavy atom. The number of carbonyl (C=O) groups excluding carboxylic acids is 1. The summed E-state index contributed by atoms with van der Waals surface area (Å²) >= 11 is 0. The lowest BCUT2D eigenvalue weighted by Gasteiger charge is -2.11. The third kappa shape index (κ3) is 2.63. The number of nitrogens with one attached hydrogen (secondary N) is 1. The lowest BCUT2D eigenvalue weighted by atomic mass is 10.1. The van der Waals surface area contributed by atoms with Gasteiger partial charge in [-0.1, -0.05) is 18.2 Å². The summed E-state index contributed by atoms with van der Waals surface area (Å²) in [5.41, 5.74) is 7.61. The van der Waals surface area contributed by atoms with Crippen molar-refractivity contribution in [1.29, 1.82) is 0 Å². The van der Waals surface area contributed by atoms with E-state index >= 15 is 0 Å². The molecule has 100 valence electrons. The van der Waals surface area contributed by atoms with Gasteiger partial charge in [-0.05, 0) is 25.3 Å². The van der Waals surface area contributed by atoms with Crippen molar-refractivity contribution in [3.8, 4) is 0 Å². The lowest BCUT2D eigenvalue weighted by molar-refractivity contribution is -0.121. The van der Waals surface area contributed by atoms with Crippen molar-refractivity contribution in [1.82, 2.24) is 5.32 Å². The van der Waals surface area contributed by atoms with Crippen molar-refractivity contribution in [2.45, 2.75) is 37.8 Å². The van der Waals surface area contributed by atoms with Gasteiger partial charge in [0.25, 0.3) is 0 Å². The lowest BCUT2D eigenvalue weighted by Crippen LogP contribution is -2.35. The van der Waals surface area contributed by atoms with Crippen LogP contribution in [0.3, 0.4) is 0 Å². The molecule has 0 bridgehead atoms. The molecule has 2 atom stereocenters. The predicted molar refractivity (Wildman–Crippen MR) is 73.7 cm³/mol. The van der Waals surface area contributed by atoms with E-state index in [0.29, 0.717) is 6.42 Å². The average molecular weight is 258 g/mol. The number of furan rings is 1. The zero-order valence-corrected chi connectivity index (χ0v) is 10.8. The van der Waals surface area contributed by atoms with Crippen LogP contribution in [0.1, 0.15) is 24.8 Å². The quantitative estimate of drug-likeness (QED) is 0.884. The van der Waals surface area contributed by atoms with Gasteiger partial charge >= 0.3 is 0 Å². The van der Waals surface area contributed by atoms with Crippen molar-refractivity contribution < 1.29 is 9.21 Å². The summed E-state index contributed by atoms with van der Waals surface area (Å²) in [4.78, 5) is 12.0. The van der Waals surface area contributed by atoms with Crippen LogP contribution in [-0.4, -0.2) is 18.0 Å². The van der Waals surface area contributed by atoms with Crippen molar-refractivity contribution in [2.75, 3.05) is 0 Å². The molecule has 1 saturated carbocycles. The molecule has 1 aliphatic rings. The van der Waals surface area contributed by atoms with Crippen molar-refractivity contribution in [3.63, 3.8) is 0 Å². The van der Waals surface area contributed by atoms with Crippen LogP contribution in [0.5, 0.6) is 0 Å². The highest BCUT2D eigenvalue weighted by Gasteiger charge is 2.23. The molecule has 1 aromatic heterocycles. The third-order valence-electron chi connectivity index (χ3n) is 3.75. The van der Waals surface area contributed by atoms with Crippen molar-refractivity contribution in [2.24, 2.45) is 5.73 Å². The van der Waals surface area contributed by atoms with Gasteiger partial charge in [0.05, 0.1) is 12.7 Å². The highest BCUT2D eigenvalue weighted by molar-refractivity contribution is 5.87. The van der Waals surface area contributed by atoms with Gasteiger partial charge in [-0.2, -0.15) is 0 Å². The second-order valence-electron chi connectivity index (χ2n) is 5.27. The molecule has 1 aromatic carbocycles. The monoisotopic (exact) mass is 258 g/mol. The zero-order chi connectivity index (χ0) is 13.2. The number of fused-ring (bicyclic) bond motifs is 1. The normalized spacial score (nSPS) is 22.8. The molecule has 19 heavy (non-hydrogen) atoms. The Labute approximate surface area is 112 Å². The fraction of sp³-hybridized carbons (Fsp3) is 0.400. The van der Waals surface area contributed by atoms with E-state index in [1.54, 1.807) is 6.26 Å². The molecule has 3 rings (SSSR count). The van der Waals surface area contributed by atoms with Crippen LogP contribution in [0.15, 0.2) is 34.9 Å². The first-order valence-electron chi connectivity index (χ1n) is 6.72. The Balaban J connectivity index is 1.66.